The summed E-state index contributed by atoms with van der Waals surface area (Å²) in [7, 11) is 0. The highest BCUT2D eigenvalue weighted by atomic mass is 16.5. The van der Waals surface area contributed by atoms with Gasteiger partial charge in [0.05, 0.1) is 12.2 Å². The summed E-state index contributed by atoms with van der Waals surface area (Å²) in [4.78, 5) is 11.9. The Labute approximate surface area is 164 Å². The third-order valence-corrected chi connectivity index (χ3v) is 4.18. The van der Waals surface area contributed by atoms with Crippen molar-refractivity contribution in [3.8, 4) is 17.3 Å². The Morgan fingerprint density at radius 1 is 1.21 bits per heavy atom. The molecule has 1 aromatic heterocycles. The fourth-order valence-electron chi connectivity index (χ4n) is 2.74. The lowest BCUT2D eigenvalue weighted by atomic mass is 10.1. The molecule has 0 unspecified atom stereocenters. The minimum Gasteiger partial charge on any atom is -0.444 e. The topological polar surface area (TPSA) is 67.9 Å². The number of benzene rings is 2. The minimum absolute atomic E-state index is 0.556. The summed E-state index contributed by atoms with van der Waals surface area (Å²) in [5, 5.41) is 13.5. The maximum absolute atomic E-state index is 11.9. The lowest BCUT2D eigenvalue weighted by Crippen LogP contribution is -2.10. The molecule has 3 aromatic rings. The van der Waals surface area contributed by atoms with Crippen molar-refractivity contribution in [1.29, 1.82) is 5.26 Å². The Hall–Kier alpha value is -3.65. The Balaban J connectivity index is 1.91. The molecule has 0 radical (unpaired) electrons. The zero-order chi connectivity index (χ0) is 19.9. The second-order valence-electron chi connectivity index (χ2n) is 6.52. The van der Waals surface area contributed by atoms with Crippen LogP contribution in [0, 0.1) is 18.3 Å². The third-order valence-electron chi connectivity index (χ3n) is 4.18. The van der Waals surface area contributed by atoms with Crippen LogP contribution in [0.2, 0.25) is 0 Å². The van der Waals surface area contributed by atoms with Gasteiger partial charge in [-0.25, -0.2) is 4.79 Å². The lowest BCUT2D eigenvalue weighted by Gasteiger charge is -2.02. The molecule has 0 aliphatic rings. The van der Waals surface area contributed by atoms with Crippen molar-refractivity contribution in [2.45, 2.75) is 26.5 Å². The molecule has 0 amide bonds. The molecule has 0 spiro atoms. The highest BCUT2D eigenvalue weighted by Crippen LogP contribution is 2.24. The number of ether oxygens (including phenoxy) is 1. The Bertz CT molecular complexity index is 1010. The van der Waals surface area contributed by atoms with Crippen LogP contribution in [0.5, 0.6) is 0 Å². The van der Waals surface area contributed by atoms with E-state index in [1.807, 2.05) is 78.5 Å². The standard InChI is InChI=1S/C23H21N3O2/c1-17-8-10-20(11-9-17)23-21(12-13-22(27)28-18(2)14-24)16-26(25-23)15-19-6-4-3-5-7-19/h3-13,16,18H,15H2,1-2H3/b13-12+/t18-/m1/s1. The van der Waals surface area contributed by atoms with Crippen molar-refractivity contribution < 1.29 is 9.53 Å². The van der Waals surface area contributed by atoms with E-state index in [4.69, 9.17) is 15.1 Å². The van der Waals surface area contributed by atoms with Crippen LogP contribution in [-0.4, -0.2) is 21.9 Å². The number of hydrogen-bond acceptors (Lipinski definition) is 4. The summed E-state index contributed by atoms with van der Waals surface area (Å²) < 4.78 is 6.83. The van der Waals surface area contributed by atoms with Crippen LogP contribution >= 0.6 is 0 Å². The van der Waals surface area contributed by atoms with Gasteiger partial charge in [-0.2, -0.15) is 10.4 Å². The van der Waals surface area contributed by atoms with Gasteiger partial charge >= 0.3 is 5.97 Å². The quantitative estimate of drug-likeness (QED) is 0.476. The van der Waals surface area contributed by atoms with Crippen LogP contribution in [0.15, 0.2) is 66.9 Å². The summed E-state index contributed by atoms with van der Waals surface area (Å²) in [6.07, 6.45) is 4.13. The molecule has 28 heavy (non-hydrogen) atoms. The monoisotopic (exact) mass is 371 g/mol. The third kappa shape index (κ3) is 4.95. The van der Waals surface area contributed by atoms with E-state index in [1.165, 1.54) is 18.6 Å². The number of nitrogens with zero attached hydrogens (tertiary/aromatic N) is 3. The van der Waals surface area contributed by atoms with Gasteiger partial charge < -0.3 is 4.74 Å². The fraction of sp³-hybridized carbons (Fsp3) is 0.174. The van der Waals surface area contributed by atoms with Crippen LogP contribution < -0.4 is 0 Å². The van der Waals surface area contributed by atoms with E-state index in [0.717, 1.165) is 22.4 Å². The number of rotatable bonds is 6. The number of aryl methyl sites for hydroxylation is 1. The number of nitriles is 1. The molecule has 0 saturated carbocycles. The predicted octanol–water partition coefficient (Wildman–Crippen LogP) is 4.38. The van der Waals surface area contributed by atoms with Gasteiger partial charge in [0.1, 0.15) is 6.07 Å². The van der Waals surface area contributed by atoms with E-state index < -0.39 is 12.1 Å². The first-order chi connectivity index (χ1) is 13.5. The van der Waals surface area contributed by atoms with Crippen LogP contribution in [0.25, 0.3) is 17.3 Å². The molecular weight excluding hydrogens is 350 g/mol. The Morgan fingerprint density at radius 2 is 1.93 bits per heavy atom. The molecule has 0 N–H and O–H groups in total. The zero-order valence-corrected chi connectivity index (χ0v) is 15.9. The van der Waals surface area contributed by atoms with Gasteiger partial charge in [-0.1, -0.05) is 60.2 Å². The number of aromatic nitrogens is 2. The van der Waals surface area contributed by atoms with Gasteiger partial charge in [-0.05, 0) is 25.5 Å². The number of esters is 1. The lowest BCUT2D eigenvalue weighted by molar-refractivity contribution is -0.139. The van der Waals surface area contributed by atoms with Crippen LogP contribution in [0.1, 0.15) is 23.6 Å². The zero-order valence-electron chi connectivity index (χ0n) is 15.9. The molecule has 0 saturated heterocycles. The number of hydrogen-bond donors (Lipinski definition) is 0. The molecule has 0 aliphatic heterocycles. The van der Waals surface area contributed by atoms with Gasteiger partial charge in [-0.15, -0.1) is 0 Å². The van der Waals surface area contributed by atoms with E-state index in [9.17, 15) is 4.79 Å². The Kier molecular flexibility index (Phi) is 6.03. The smallest absolute Gasteiger partial charge is 0.332 e. The minimum atomic E-state index is -0.783. The van der Waals surface area contributed by atoms with Gasteiger partial charge in [-0.3, -0.25) is 4.68 Å². The molecule has 2 aromatic carbocycles. The maximum Gasteiger partial charge on any atom is 0.332 e. The number of carbonyl (C=O) groups excluding carboxylic acids is 1. The normalized spacial score (nSPS) is 11.9. The molecule has 5 nitrogen and oxygen atoms in total. The van der Waals surface area contributed by atoms with E-state index in [2.05, 4.69) is 0 Å². The van der Waals surface area contributed by atoms with Gasteiger partial charge in [0.25, 0.3) is 0 Å². The fourth-order valence-corrected chi connectivity index (χ4v) is 2.74. The van der Waals surface area contributed by atoms with Crippen molar-refractivity contribution in [3.63, 3.8) is 0 Å². The second kappa shape index (κ2) is 8.83. The number of carbonyl (C=O) groups is 1. The van der Waals surface area contributed by atoms with Crippen molar-refractivity contribution in [2.75, 3.05) is 0 Å². The van der Waals surface area contributed by atoms with Crippen molar-refractivity contribution in [3.05, 3.63) is 83.6 Å². The molecule has 1 heterocycles. The Morgan fingerprint density at radius 3 is 2.61 bits per heavy atom. The second-order valence-corrected chi connectivity index (χ2v) is 6.52. The van der Waals surface area contributed by atoms with Crippen LogP contribution in [-0.2, 0) is 16.1 Å². The predicted molar refractivity (Wildman–Crippen MR) is 108 cm³/mol. The summed E-state index contributed by atoms with van der Waals surface area (Å²) >= 11 is 0. The summed E-state index contributed by atoms with van der Waals surface area (Å²) in [6, 6.07) is 20.0. The first kappa shape index (κ1) is 19.1. The van der Waals surface area contributed by atoms with Crippen molar-refractivity contribution in [2.24, 2.45) is 0 Å². The van der Waals surface area contributed by atoms with Gasteiger partial charge in [0.2, 0.25) is 0 Å². The highest BCUT2D eigenvalue weighted by Gasteiger charge is 2.11. The van der Waals surface area contributed by atoms with Crippen LogP contribution in [0.4, 0.5) is 0 Å². The van der Waals surface area contributed by atoms with E-state index in [1.54, 1.807) is 6.08 Å². The molecule has 5 heteroatoms. The summed E-state index contributed by atoms with van der Waals surface area (Å²) in [6.45, 7) is 4.19. The van der Waals surface area contributed by atoms with Crippen molar-refractivity contribution >= 4 is 12.0 Å². The molecule has 1 atom stereocenters. The first-order valence-corrected chi connectivity index (χ1v) is 9.02. The first-order valence-electron chi connectivity index (χ1n) is 9.02. The summed E-state index contributed by atoms with van der Waals surface area (Å²) in [5.41, 5.74) is 4.86. The van der Waals surface area contributed by atoms with Gasteiger partial charge in [0, 0.05) is 23.4 Å². The van der Waals surface area contributed by atoms with E-state index >= 15 is 0 Å². The van der Waals surface area contributed by atoms with E-state index in [0.29, 0.717) is 6.54 Å². The molecule has 0 fully saturated rings. The molecule has 0 aliphatic carbocycles. The molecular formula is C23H21N3O2. The maximum atomic E-state index is 11.9. The van der Waals surface area contributed by atoms with E-state index in [-0.39, 0.29) is 0 Å². The highest BCUT2D eigenvalue weighted by molar-refractivity contribution is 5.88. The summed E-state index contributed by atoms with van der Waals surface area (Å²) in [5.74, 6) is -0.556. The van der Waals surface area contributed by atoms with Gasteiger partial charge in [0.15, 0.2) is 6.10 Å². The van der Waals surface area contributed by atoms with Crippen LogP contribution in [0.3, 0.4) is 0 Å². The van der Waals surface area contributed by atoms with Crippen molar-refractivity contribution in [1.82, 2.24) is 9.78 Å². The molecule has 3 rings (SSSR count). The average molecular weight is 371 g/mol. The molecule has 0 bridgehead atoms. The largest absolute Gasteiger partial charge is 0.444 e. The average Bonchev–Trinajstić information content (AvgIpc) is 3.10. The molecule has 140 valence electrons. The SMILES string of the molecule is Cc1ccc(-c2nn(Cc3ccccc3)cc2/C=C/C(=O)O[C@H](C)C#N)cc1.